The van der Waals surface area contributed by atoms with E-state index in [0.29, 0.717) is 11.1 Å². The average Bonchev–Trinajstić information content (AvgIpc) is 3.51. The SMILES string of the molecule is CC(O)(c1cccc(F)c1)c1cc(-n2ccnc2)ccc1-n1c2ccccc2c2ccccc21. The molecule has 0 bridgehead atoms. The van der Waals surface area contributed by atoms with E-state index in [1.54, 1.807) is 31.6 Å². The predicted octanol–water partition coefficient (Wildman–Crippen LogP) is 6.36. The Labute approximate surface area is 196 Å². The molecule has 0 fully saturated rings. The Bertz CT molecular complexity index is 1590. The number of rotatable bonds is 4. The molecule has 2 aromatic heterocycles. The molecule has 0 saturated carbocycles. The fraction of sp³-hybridized carbons (Fsp3) is 0.0690. The molecule has 34 heavy (non-hydrogen) atoms. The molecular formula is C29H22FN3O. The molecule has 4 nitrogen and oxygen atoms in total. The number of hydrogen-bond donors (Lipinski definition) is 1. The van der Waals surface area contributed by atoms with Gasteiger partial charge < -0.3 is 14.2 Å². The Morgan fingerprint density at radius 2 is 1.53 bits per heavy atom. The Hall–Kier alpha value is -4.22. The maximum Gasteiger partial charge on any atom is 0.123 e. The smallest absolute Gasteiger partial charge is 0.123 e. The van der Waals surface area contributed by atoms with E-state index in [2.05, 4.69) is 33.8 Å². The summed E-state index contributed by atoms with van der Waals surface area (Å²) in [6.07, 6.45) is 5.29. The van der Waals surface area contributed by atoms with Crippen molar-refractivity contribution < 1.29 is 9.50 Å². The van der Waals surface area contributed by atoms with Crippen molar-refractivity contribution in [1.82, 2.24) is 14.1 Å². The number of para-hydroxylation sites is 2. The van der Waals surface area contributed by atoms with Gasteiger partial charge >= 0.3 is 0 Å². The first-order valence-corrected chi connectivity index (χ1v) is 11.1. The minimum absolute atomic E-state index is 0.387. The second-order valence-corrected chi connectivity index (χ2v) is 8.62. The van der Waals surface area contributed by atoms with Crippen LogP contribution in [0.1, 0.15) is 18.1 Å². The number of aliphatic hydroxyl groups is 1. The molecule has 0 aliphatic heterocycles. The third-order valence-corrected chi connectivity index (χ3v) is 6.51. The standard InChI is InChI=1S/C29H22FN3O/c1-29(34,20-7-6-8-21(30)17-20)25-18-22(32-16-15-31-19-32)13-14-28(25)33-26-11-4-2-9-23(26)24-10-3-5-12-27(24)33/h2-19,34H,1H3. The van der Waals surface area contributed by atoms with Crippen LogP contribution in [-0.2, 0) is 5.60 Å². The van der Waals surface area contributed by atoms with Crippen molar-refractivity contribution in [3.05, 3.63) is 127 Å². The van der Waals surface area contributed by atoms with Crippen LogP contribution in [0.5, 0.6) is 0 Å². The van der Waals surface area contributed by atoms with Gasteiger partial charge in [0.1, 0.15) is 11.4 Å². The number of halogens is 1. The minimum atomic E-state index is -1.46. The van der Waals surface area contributed by atoms with E-state index >= 15 is 0 Å². The van der Waals surface area contributed by atoms with Crippen LogP contribution >= 0.6 is 0 Å². The van der Waals surface area contributed by atoms with E-state index in [0.717, 1.165) is 33.2 Å². The average molecular weight is 448 g/mol. The first-order chi connectivity index (χ1) is 16.5. The normalized spacial score (nSPS) is 13.4. The molecule has 2 heterocycles. The van der Waals surface area contributed by atoms with Gasteiger partial charge in [0.2, 0.25) is 0 Å². The lowest BCUT2D eigenvalue weighted by atomic mass is 9.86. The third kappa shape index (κ3) is 3.13. The Morgan fingerprint density at radius 1 is 0.824 bits per heavy atom. The molecular weight excluding hydrogens is 425 g/mol. The second kappa shape index (κ2) is 7.68. The summed E-state index contributed by atoms with van der Waals surface area (Å²) < 4.78 is 18.2. The van der Waals surface area contributed by atoms with Crippen molar-refractivity contribution in [3.63, 3.8) is 0 Å². The van der Waals surface area contributed by atoms with Gasteiger partial charge in [-0.15, -0.1) is 0 Å². The van der Waals surface area contributed by atoms with Crippen LogP contribution < -0.4 is 0 Å². The zero-order valence-corrected chi connectivity index (χ0v) is 18.6. The molecule has 0 aliphatic carbocycles. The minimum Gasteiger partial charge on any atom is -0.381 e. The fourth-order valence-corrected chi connectivity index (χ4v) is 4.81. The van der Waals surface area contributed by atoms with Gasteiger partial charge in [0.15, 0.2) is 0 Å². The molecule has 0 aliphatic rings. The molecule has 1 atom stereocenters. The van der Waals surface area contributed by atoms with Crippen LogP contribution in [0.15, 0.2) is 110 Å². The summed E-state index contributed by atoms with van der Waals surface area (Å²) >= 11 is 0. The number of fused-ring (bicyclic) bond motifs is 3. The Balaban J connectivity index is 1.70. The molecule has 0 radical (unpaired) electrons. The monoisotopic (exact) mass is 447 g/mol. The van der Waals surface area contributed by atoms with Gasteiger partial charge in [-0.05, 0) is 55.0 Å². The lowest BCUT2D eigenvalue weighted by Crippen LogP contribution is -2.25. The van der Waals surface area contributed by atoms with Crippen molar-refractivity contribution in [3.8, 4) is 11.4 Å². The highest BCUT2D eigenvalue weighted by atomic mass is 19.1. The summed E-state index contributed by atoms with van der Waals surface area (Å²) in [6.45, 7) is 1.71. The van der Waals surface area contributed by atoms with Crippen molar-refractivity contribution in [2.75, 3.05) is 0 Å². The summed E-state index contributed by atoms with van der Waals surface area (Å²) in [7, 11) is 0. The van der Waals surface area contributed by atoms with Crippen LogP contribution in [0.2, 0.25) is 0 Å². The van der Waals surface area contributed by atoms with Crippen LogP contribution in [0, 0.1) is 5.82 Å². The molecule has 6 aromatic rings. The summed E-state index contributed by atoms with van der Waals surface area (Å²) in [6, 6.07) is 28.6. The van der Waals surface area contributed by atoms with E-state index in [-0.39, 0.29) is 5.82 Å². The largest absolute Gasteiger partial charge is 0.381 e. The molecule has 1 N–H and O–H groups in total. The van der Waals surface area contributed by atoms with Gasteiger partial charge in [-0.25, -0.2) is 9.37 Å². The van der Waals surface area contributed by atoms with Crippen LogP contribution in [0.4, 0.5) is 4.39 Å². The van der Waals surface area contributed by atoms with E-state index in [1.165, 1.54) is 12.1 Å². The molecule has 6 rings (SSSR count). The lowest BCUT2D eigenvalue weighted by molar-refractivity contribution is 0.102. The highest BCUT2D eigenvalue weighted by molar-refractivity contribution is 6.09. The molecule has 5 heteroatoms. The summed E-state index contributed by atoms with van der Waals surface area (Å²) in [5, 5.41) is 14.2. The Kier molecular flexibility index (Phi) is 4.61. The van der Waals surface area contributed by atoms with Crippen molar-refractivity contribution >= 4 is 21.8 Å². The van der Waals surface area contributed by atoms with E-state index in [4.69, 9.17) is 0 Å². The lowest BCUT2D eigenvalue weighted by Gasteiger charge is -2.28. The first-order valence-electron chi connectivity index (χ1n) is 11.1. The number of hydrogen-bond acceptors (Lipinski definition) is 2. The summed E-state index contributed by atoms with van der Waals surface area (Å²) in [5.41, 5.74) is 3.45. The fourth-order valence-electron chi connectivity index (χ4n) is 4.81. The van der Waals surface area contributed by atoms with Gasteiger partial charge in [-0.3, -0.25) is 0 Å². The highest BCUT2D eigenvalue weighted by Gasteiger charge is 2.31. The van der Waals surface area contributed by atoms with Crippen molar-refractivity contribution in [1.29, 1.82) is 0 Å². The van der Waals surface area contributed by atoms with Crippen LogP contribution in [-0.4, -0.2) is 19.2 Å². The third-order valence-electron chi connectivity index (χ3n) is 6.51. The van der Waals surface area contributed by atoms with Crippen molar-refractivity contribution in [2.45, 2.75) is 12.5 Å². The van der Waals surface area contributed by atoms with E-state index in [1.807, 2.05) is 53.2 Å². The highest BCUT2D eigenvalue weighted by Crippen LogP contribution is 2.39. The zero-order valence-electron chi connectivity index (χ0n) is 18.6. The molecule has 0 spiro atoms. The summed E-state index contributed by atoms with van der Waals surface area (Å²) in [4.78, 5) is 4.16. The number of imidazole rings is 1. The van der Waals surface area contributed by atoms with E-state index in [9.17, 15) is 9.50 Å². The van der Waals surface area contributed by atoms with Gasteiger partial charge in [-0.1, -0.05) is 48.5 Å². The van der Waals surface area contributed by atoms with Gasteiger partial charge in [-0.2, -0.15) is 0 Å². The molecule has 1 unspecified atom stereocenters. The summed E-state index contributed by atoms with van der Waals surface area (Å²) in [5.74, 6) is -0.387. The predicted molar refractivity (Wildman–Crippen MR) is 133 cm³/mol. The molecule has 0 saturated heterocycles. The maximum absolute atomic E-state index is 14.2. The van der Waals surface area contributed by atoms with Crippen molar-refractivity contribution in [2.24, 2.45) is 0 Å². The number of nitrogens with zero attached hydrogens (tertiary/aromatic N) is 3. The molecule has 166 valence electrons. The first kappa shape index (κ1) is 20.4. The Morgan fingerprint density at radius 3 is 2.18 bits per heavy atom. The maximum atomic E-state index is 14.2. The van der Waals surface area contributed by atoms with Crippen LogP contribution in [0.25, 0.3) is 33.2 Å². The molecule has 0 amide bonds. The number of aromatic nitrogens is 3. The zero-order chi connectivity index (χ0) is 23.3. The van der Waals surface area contributed by atoms with Gasteiger partial charge in [0.25, 0.3) is 0 Å². The quantitative estimate of drug-likeness (QED) is 0.341. The second-order valence-electron chi connectivity index (χ2n) is 8.62. The van der Waals surface area contributed by atoms with Gasteiger partial charge in [0.05, 0.1) is 23.0 Å². The van der Waals surface area contributed by atoms with Crippen LogP contribution in [0.3, 0.4) is 0 Å². The topological polar surface area (TPSA) is 43.0 Å². The van der Waals surface area contributed by atoms with E-state index < -0.39 is 5.60 Å². The number of benzene rings is 4. The molecule has 4 aromatic carbocycles. The van der Waals surface area contributed by atoms with Gasteiger partial charge in [0, 0.05) is 34.4 Å².